The largest absolute Gasteiger partial charge is 0.497 e. The van der Waals surface area contributed by atoms with E-state index in [1.54, 1.807) is 18.4 Å². The first-order valence-corrected chi connectivity index (χ1v) is 9.09. The van der Waals surface area contributed by atoms with Gasteiger partial charge in [-0.05, 0) is 26.2 Å². The van der Waals surface area contributed by atoms with Crippen LogP contribution in [-0.4, -0.2) is 68.3 Å². The molecule has 0 N–H and O–H groups in total. The molecule has 0 radical (unpaired) electrons. The first-order chi connectivity index (χ1) is 11.6. The lowest BCUT2D eigenvalue weighted by Crippen LogP contribution is -2.46. The zero-order valence-electron chi connectivity index (χ0n) is 14.6. The number of likely N-dealkylation sites (N-methyl/N-ethyl adjacent to an activating group) is 1. The fraction of sp³-hybridized carbons (Fsp3) is 0.500. The number of nitrogens with zero attached hydrogens (tertiary/aromatic N) is 3. The summed E-state index contributed by atoms with van der Waals surface area (Å²) >= 11 is 1.69. The van der Waals surface area contributed by atoms with Crippen LogP contribution >= 0.6 is 11.3 Å². The second-order valence-corrected chi connectivity index (χ2v) is 7.22. The summed E-state index contributed by atoms with van der Waals surface area (Å²) in [4.78, 5) is 9.42. The topological polar surface area (TPSA) is 37.8 Å². The quantitative estimate of drug-likeness (QED) is 0.803. The Balaban J connectivity index is 1.63. The minimum absolute atomic E-state index is 0.283. The Morgan fingerprint density at radius 3 is 3.08 bits per heavy atom. The number of benzene rings is 1. The molecule has 0 saturated carbocycles. The maximum absolute atomic E-state index is 5.84. The van der Waals surface area contributed by atoms with Crippen LogP contribution in [0.4, 0.5) is 0 Å². The standard InChI is InChI=1S/C18H25N3O2S/c1-20(2)11-17-12-21(7-8-23-17)10-15-13-24-18(19-15)14-5-4-6-16(9-14)22-3/h4-6,9,13,17H,7-8,10-12H2,1-3H3. The van der Waals surface area contributed by atoms with E-state index in [0.29, 0.717) is 0 Å². The van der Waals surface area contributed by atoms with Gasteiger partial charge in [-0.25, -0.2) is 4.98 Å². The Hall–Kier alpha value is -1.47. The molecule has 5 nitrogen and oxygen atoms in total. The first-order valence-electron chi connectivity index (χ1n) is 8.21. The summed E-state index contributed by atoms with van der Waals surface area (Å²) in [6.07, 6.45) is 0.283. The molecule has 2 heterocycles. The number of aromatic nitrogens is 1. The number of hydrogen-bond donors (Lipinski definition) is 0. The molecular formula is C18H25N3O2S. The highest BCUT2D eigenvalue weighted by Gasteiger charge is 2.21. The normalized spacial score (nSPS) is 18.9. The molecule has 1 aromatic carbocycles. The molecule has 1 fully saturated rings. The van der Waals surface area contributed by atoms with Crippen molar-refractivity contribution in [2.75, 3.05) is 47.4 Å². The van der Waals surface area contributed by atoms with Crippen LogP contribution in [-0.2, 0) is 11.3 Å². The van der Waals surface area contributed by atoms with Crippen molar-refractivity contribution in [3.05, 3.63) is 35.3 Å². The van der Waals surface area contributed by atoms with Gasteiger partial charge >= 0.3 is 0 Å². The van der Waals surface area contributed by atoms with E-state index in [2.05, 4.69) is 35.3 Å². The third kappa shape index (κ3) is 4.54. The Kier molecular flexibility index (Phi) is 5.84. The minimum Gasteiger partial charge on any atom is -0.497 e. The molecule has 24 heavy (non-hydrogen) atoms. The minimum atomic E-state index is 0.283. The third-order valence-electron chi connectivity index (χ3n) is 4.05. The Morgan fingerprint density at radius 2 is 2.29 bits per heavy atom. The Morgan fingerprint density at radius 1 is 1.42 bits per heavy atom. The molecule has 3 rings (SSSR count). The number of rotatable bonds is 6. The molecule has 130 valence electrons. The summed E-state index contributed by atoms with van der Waals surface area (Å²) in [6, 6.07) is 8.07. The lowest BCUT2D eigenvalue weighted by molar-refractivity contribution is -0.0409. The van der Waals surface area contributed by atoms with E-state index in [1.165, 1.54) is 0 Å². The summed E-state index contributed by atoms with van der Waals surface area (Å²) in [6.45, 7) is 4.57. The van der Waals surface area contributed by atoms with Gasteiger partial charge in [0.2, 0.25) is 0 Å². The van der Waals surface area contributed by atoms with Crippen LogP contribution in [0.5, 0.6) is 5.75 Å². The number of thiazole rings is 1. The maximum atomic E-state index is 5.84. The summed E-state index contributed by atoms with van der Waals surface area (Å²) in [5.41, 5.74) is 2.24. The van der Waals surface area contributed by atoms with Gasteiger partial charge in [0, 0.05) is 37.1 Å². The summed E-state index contributed by atoms with van der Waals surface area (Å²) in [5.74, 6) is 0.865. The monoisotopic (exact) mass is 347 g/mol. The molecule has 1 aromatic heterocycles. The van der Waals surface area contributed by atoms with Crippen LogP contribution < -0.4 is 4.74 Å². The van der Waals surface area contributed by atoms with Crippen molar-refractivity contribution in [1.82, 2.24) is 14.8 Å². The van der Waals surface area contributed by atoms with Gasteiger partial charge in [-0.1, -0.05) is 12.1 Å². The predicted molar refractivity (Wildman–Crippen MR) is 97.7 cm³/mol. The van der Waals surface area contributed by atoms with Gasteiger partial charge in [0.15, 0.2) is 0 Å². The highest BCUT2D eigenvalue weighted by molar-refractivity contribution is 7.13. The van der Waals surface area contributed by atoms with Gasteiger partial charge in [0.25, 0.3) is 0 Å². The lowest BCUT2D eigenvalue weighted by Gasteiger charge is -2.33. The van der Waals surface area contributed by atoms with E-state index in [4.69, 9.17) is 14.5 Å². The summed E-state index contributed by atoms with van der Waals surface area (Å²) < 4.78 is 11.1. The average molecular weight is 347 g/mol. The average Bonchev–Trinajstić information content (AvgIpc) is 3.03. The molecule has 1 aliphatic rings. The Bertz CT molecular complexity index is 659. The Labute approximate surface area is 147 Å². The van der Waals surface area contributed by atoms with Crippen molar-refractivity contribution in [1.29, 1.82) is 0 Å². The van der Waals surface area contributed by atoms with E-state index >= 15 is 0 Å². The molecule has 1 saturated heterocycles. The molecule has 0 spiro atoms. The van der Waals surface area contributed by atoms with Crippen molar-refractivity contribution < 1.29 is 9.47 Å². The summed E-state index contributed by atoms with van der Waals surface area (Å²) in [7, 11) is 5.86. The molecule has 6 heteroatoms. The van der Waals surface area contributed by atoms with Gasteiger partial charge in [-0.15, -0.1) is 11.3 Å². The number of methoxy groups -OCH3 is 1. The van der Waals surface area contributed by atoms with Crippen molar-refractivity contribution in [2.45, 2.75) is 12.6 Å². The number of ether oxygens (including phenoxy) is 2. The van der Waals surface area contributed by atoms with Gasteiger partial charge in [0.1, 0.15) is 10.8 Å². The van der Waals surface area contributed by atoms with Crippen molar-refractivity contribution >= 4 is 11.3 Å². The van der Waals surface area contributed by atoms with Gasteiger partial charge in [-0.2, -0.15) is 0 Å². The molecule has 0 bridgehead atoms. The van der Waals surface area contributed by atoms with E-state index in [1.807, 2.05) is 18.2 Å². The first kappa shape index (κ1) is 17.4. The maximum Gasteiger partial charge on any atom is 0.123 e. The summed E-state index contributed by atoms with van der Waals surface area (Å²) in [5, 5.41) is 3.20. The van der Waals surface area contributed by atoms with Crippen molar-refractivity contribution in [3.63, 3.8) is 0 Å². The van der Waals surface area contributed by atoms with E-state index in [0.717, 1.165) is 54.8 Å². The number of morpholine rings is 1. The lowest BCUT2D eigenvalue weighted by atomic mass is 10.2. The molecule has 2 aromatic rings. The third-order valence-corrected chi connectivity index (χ3v) is 4.99. The molecule has 0 amide bonds. The van der Waals surface area contributed by atoms with Crippen LogP contribution in [0.15, 0.2) is 29.6 Å². The van der Waals surface area contributed by atoms with Crippen LogP contribution in [0.2, 0.25) is 0 Å². The molecule has 1 atom stereocenters. The fourth-order valence-electron chi connectivity index (χ4n) is 2.94. The van der Waals surface area contributed by atoms with E-state index < -0.39 is 0 Å². The molecule has 1 unspecified atom stereocenters. The van der Waals surface area contributed by atoms with Gasteiger partial charge < -0.3 is 14.4 Å². The zero-order chi connectivity index (χ0) is 16.9. The fourth-order valence-corrected chi connectivity index (χ4v) is 3.75. The smallest absolute Gasteiger partial charge is 0.123 e. The van der Waals surface area contributed by atoms with Crippen LogP contribution in [0.1, 0.15) is 5.69 Å². The van der Waals surface area contributed by atoms with E-state index in [-0.39, 0.29) is 6.10 Å². The van der Waals surface area contributed by atoms with Crippen LogP contribution in [0.3, 0.4) is 0 Å². The zero-order valence-corrected chi connectivity index (χ0v) is 15.4. The molecule has 1 aliphatic heterocycles. The highest BCUT2D eigenvalue weighted by atomic mass is 32.1. The molecular weight excluding hydrogens is 322 g/mol. The van der Waals surface area contributed by atoms with E-state index in [9.17, 15) is 0 Å². The highest BCUT2D eigenvalue weighted by Crippen LogP contribution is 2.27. The van der Waals surface area contributed by atoms with Crippen molar-refractivity contribution in [3.8, 4) is 16.3 Å². The SMILES string of the molecule is COc1cccc(-c2nc(CN3CCOC(CN(C)C)C3)cs2)c1. The van der Waals surface area contributed by atoms with Crippen LogP contribution in [0, 0.1) is 0 Å². The molecule has 0 aliphatic carbocycles. The second kappa shape index (κ2) is 8.07. The van der Waals surface area contributed by atoms with Gasteiger partial charge in [0.05, 0.1) is 25.5 Å². The van der Waals surface area contributed by atoms with Crippen LogP contribution in [0.25, 0.3) is 10.6 Å². The predicted octanol–water partition coefficient (Wildman–Crippen LogP) is 2.58. The number of hydrogen-bond acceptors (Lipinski definition) is 6. The van der Waals surface area contributed by atoms with Crippen molar-refractivity contribution in [2.24, 2.45) is 0 Å². The second-order valence-electron chi connectivity index (χ2n) is 6.37. The van der Waals surface area contributed by atoms with Gasteiger partial charge in [-0.3, -0.25) is 4.90 Å².